The summed E-state index contributed by atoms with van der Waals surface area (Å²) in [6, 6.07) is 0. The highest BCUT2D eigenvalue weighted by molar-refractivity contribution is 7.99. The molecule has 0 atom stereocenters. The van der Waals surface area contributed by atoms with Crippen molar-refractivity contribution < 1.29 is 14.3 Å². The number of thiophene rings is 1. The van der Waals surface area contributed by atoms with Crippen molar-refractivity contribution in [3.8, 4) is 0 Å². The first-order valence-electron chi connectivity index (χ1n) is 9.66. The van der Waals surface area contributed by atoms with Crippen LogP contribution in [-0.4, -0.2) is 39.4 Å². The Morgan fingerprint density at radius 1 is 1.29 bits per heavy atom. The summed E-state index contributed by atoms with van der Waals surface area (Å²) in [5.74, 6) is 0.710. The van der Waals surface area contributed by atoms with E-state index in [1.165, 1.54) is 28.0 Å². The van der Waals surface area contributed by atoms with E-state index < -0.39 is 0 Å². The number of esters is 1. The Bertz CT molecular complexity index is 844. The molecule has 1 aliphatic carbocycles. The first-order chi connectivity index (χ1) is 13.5. The van der Waals surface area contributed by atoms with Crippen molar-refractivity contribution in [2.24, 2.45) is 0 Å². The zero-order valence-electron chi connectivity index (χ0n) is 16.5. The Kier molecular flexibility index (Phi) is 7.12. The molecule has 2 N–H and O–H groups in total. The van der Waals surface area contributed by atoms with Gasteiger partial charge in [0, 0.05) is 10.8 Å². The lowest BCUT2D eigenvalue weighted by molar-refractivity contribution is -0.113. The van der Waals surface area contributed by atoms with Crippen LogP contribution in [0.3, 0.4) is 0 Å². The minimum atomic E-state index is -0.347. The summed E-state index contributed by atoms with van der Waals surface area (Å²) < 4.78 is 5.26. The number of aromatic amines is 1. The number of fused-ring (bicyclic) bond motifs is 1. The maximum Gasteiger partial charge on any atom is 0.341 e. The fraction of sp³-hybridized carbons (Fsp3) is 0.579. The van der Waals surface area contributed by atoms with Crippen molar-refractivity contribution in [2.75, 3.05) is 17.7 Å². The normalized spacial score (nSPS) is 13.9. The van der Waals surface area contributed by atoms with E-state index in [1.54, 1.807) is 6.92 Å². The number of anilines is 1. The largest absolute Gasteiger partial charge is 0.462 e. The predicted octanol–water partition coefficient (Wildman–Crippen LogP) is 4.17. The summed E-state index contributed by atoms with van der Waals surface area (Å²) in [5.41, 5.74) is 1.60. The first-order valence-corrected chi connectivity index (χ1v) is 11.5. The lowest BCUT2D eigenvalue weighted by atomic mass is 10.1. The summed E-state index contributed by atoms with van der Waals surface area (Å²) in [4.78, 5) is 30.6. The molecule has 0 spiro atoms. The van der Waals surface area contributed by atoms with Gasteiger partial charge in [0.1, 0.15) is 10.8 Å². The van der Waals surface area contributed by atoms with E-state index >= 15 is 0 Å². The lowest BCUT2D eigenvalue weighted by Gasteiger charge is -2.08. The van der Waals surface area contributed by atoms with E-state index in [2.05, 4.69) is 20.5 Å². The van der Waals surface area contributed by atoms with Crippen molar-refractivity contribution >= 4 is 40.0 Å². The third-order valence-electron chi connectivity index (χ3n) is 4.52. The van der Waals surface area contributed by atoms with Gasteiger partial charge in [-0.3, -0.25) is 9.89 Å². The maximum atomic E-state index is 12.5. The molecule has 152 valence electrons. The van der Waals surface area contributed by atoms with Crippen molar-refractivity contribution in [1.29, 1.82) is 0 Å². The molecule has 0 bridgehead atoms. The second kappa shape index (κ2) is 9.56. The van der Waals surface area contributed by atoms with Crippen molar-refractivity contribution in [3.63, 3.8) is 0 Å². The van der Waals surface area contributed by atoms with Crippen molar-refractivity contribution in [2.45, 2.75) is 63.9 Å². The zero-order chi connectivity index (χ0) is 20.1. The summed E-state index contributed by atoms with van der Waals surface area (Å²) in [6.45, 7) is 6.16. The minimum absolute atomic E-state index is 0.178. The molecule has 0 unspecified atom stereocenters. The van der Waals surface area contributed by atoms with Gasteiger partial charge in [0.15, 0.2) is 0 Å². The van der Waals surface area contributed by atoms with Gasteiger partial charge in [-0.2, -0.15) is 0 Å². The number of carbonyl (C=O) groups is 2. The number of nitrogens with one attached hydrogen (secondary N) is 2. The zero-order valence-corrected chi connectivity index (χ0v) is 18.1. The topological polar surface area (TPSA) is 97.0 Å². The smallest absolute Gasteiger partial charge is 0.341 e. The second-order valence-electron chi connectivity index (χ2n) is 6.98. The number of hydrogen-bond acceptors (Lipinski definition) is 7. The molecule has 0 saturated carbocycles. The summed E-state index contributed by atoms with van der Waals surface area (Å²) in [7, 11) is 0. The number of amides is 1. The summed E-state index contributed by atoms with van der Waals surface area (Å²) in [6.07, 6.45) is 5.15. The van der Waals surface area contributed by atoms with Crippen LogP contribution in [-0.2, 0) is 22.4 Å². The van der Waals surface area contributed by atoms with Gasteiger partial charge in [-0.1, -0.05) is 32.0 Å². The van der Waals surface area contributed by atoms with E-state index in [0.717, 1.165) is 43.5 Å². The third-order valence-corrected chi connectivity index (χ3v) is 6.57. The third kappa shape index (κ3) is 4.94. The predicted molar refractivity (Wildman–Crippen MR) is 111 cm³/mol. The Morgan fingerprint density at radius 3 is 2.79 bits per heavy atom. The van der Waals surface area contributed by atoms with E-state index in [4.69, 9.17) is 4.74 Å². The van der Waals surface area contributed by atoms with Crippen LogP contribution in [0.1, 0.15) is 72.6 Å². The Balaban J connectivity index is 1.71. The van der Waals surface area contributed by atoms with Gasteiger partial charge in [-0.15, -0.1) is 16.4 Å². The fourth-order valence-corrected chi connectivity index (χ4v) is 5.02. The molecule has 2 heterocycles. The Morgan fingerprint density at radius 2 is 2.07 bits per heavy atom. The molecule has 0 aliphatic heterocycles. The molecule has 0 saturated heterocycles. The van der Waals surface area contributed by atoms with Crippen LogP contribution in [0.25, 0.3) is 0 Å². The average Bonchev–Trinajstić information content (AvgIpc) is 3.19. The van der Waals surface area contributed by atoms with Gasteiger partial charge in [0.25, 0.3) is 0 Å². The average molecular weight is 423 g/mol. The maximum absolute atomic E-state index is 12.5. The number of hydrogen-bond donors (Lipinski definition) is 2. The summed E-state index contributed by atoms with van der Waals surface area (Å²) >= 11 is 2.78. The molecule has 0 aromatic carbocycles. The van der Waals surface area contributed by atoms with Gasteiger partial charge >= 0.3 is 5.97 Å². The number of aromatic nitrogens is 3. The van der Waals surface area contributed by atoms with Crippen molar-refractivity contribution in [1.82, 2.24) is 15.2 Å². The number of rotatable bonds is 7. The summed E-state index contributed by atoms with van der Waals surface area (Å²) in [5, 5.41) is 11.1. The number of nitrogens with zero attached hydrogens (tertiary/aromatic N) is 2. The fourth-order valence-electron chi connectivity index (χ4n) is 3.12. The first kappa shape index (κ1) is 20.9. The Labute approximate surface area is 173 Å². The van der Waals surface area contributed by atoms with Crippen LogP contribution in [0.5, 0.6) is 0 Å². The van der Waals surface area contributed by atoms with Crippen LogP contribution in [0, 0.1) is 0 Å². The van der Waals surface area contributed by atoms with Gasteiger partial charge < -0.3 is 10.1 Å². The molecule has 9 heteroatoms. The number of ether oxygens (including phenoxy) is 1. The molecule has 28 heavy (non-hydrogen) atoms. The van der Waals surface area contributed by atoms with E-state index in [9.17, 15) is 9.59 Å². The number of H-pyrrole nitrogens is 1. The van der Waals surface area contributed by atoms with Crippen LogP contribution in [0.15, 0.2) is 5.16 Å². The molecule has 7 nitrogen and oxygen atoms in total. The number of thioether (sulfide) groups is 1. The van der Waals surface area contributed by atoms with Crippen LogP contribution in [0.2, 0.25) is 0 Å². The SMILES string of the molecule is CCOC(=O)c1c(NC(=O)CSc2n[nH]c(C(C)C)n2)sc2c1CCCCC2. The highest BCUT2D eigenvalue weighted by Gasteiger charge is 2.26. The highest BCUT2D eigenvalue weighted by atomic mass is 32.2. The molecular weight excluding hydrogens is 396 g/mol. The second-order valence-corrected chi connectivity index (χ2v) is 9.03. The molecular formula is C19H26N4O3S2. The van der Waals surface area contributed by atoms with Crippen LogP contribution in [0.4, 0.5) is 5.00 Å². The van der Waals surface area contributed by atoms with Gasteiger partial charge in [-0.05, 0) is 38.2 Å². The standard InChI is InChI=1S/C19H26N4O3S2/c1-4-26-18(25)15-12-8-6-5-7-9-13(12)28-17(15)20-14(24)10-27-19-21-16(11(2)3)22-23-19/h11H,4-10H2,1-3H3,(H,20,24)(H,21,22,23). The molecule has 1 amide bonds. The van der Waals surface area contributed by atoms with Crippen LogP contribution >= 0.6 is 23.1 Å². The monoisotopic (exact) mass is 422 g/mol. The molecule has 1 aliphatic rings. The molecule has 2 aromatic heterocycles. The number of carbonyl (C=O) groups excluding carboxylic acids is 2. The lowest BCUT2D eigenvalue weighted by Crippen LogP contribution is -2.17. The van der Waals surface area contributed by atoms with Crippen molar-refractivity contribution in [3.05, 3.63) is 21.8 Å². The van der Waals surface area contributed by atoms with Gasteiger partial charge in [0.2, 0.25) is 11.1 Å². The van der Waals surface area contributed by atoms with E-state index in [0.29, 0.717) is 22.3 Å². The molecule has 3 rings (SSSR count). The quantitative estimate of drug-likeness (QED) is 0.395. The molecule has 2 aromatic rings. The molecule has 0 fully saturated rings. The van der Waals surface area contributed by atoms with E-state index in [-0.39, 0.29) is 23.5 Å². The van der Waals surface area contributed by atoms with Crippen LogP contribution < -0.4 is 5.32 Å². The van der Waals surface area contributed by atoms with Gasteiger partial charge in [-0.25, -0.2) is 9.78 Å². The van der Waals surface area contributed by atoms with Gasteiger partial charge in [0.05, 0.1) is 17.9 Å². The minimum Gasteiger partial charge on any atom is -0.462 e. The highest BCUT2D eigenvalue weighted by Crippen LogP contribution is 2.38. The van der Waals surface area contributed by atoms with E-state index in [1.807, 2.05) is 13.8 Å². The Hall–Kier alpha value is -1.87. The molecule has 0 radical (unpaired) electrons. The number of aryl methyl sites for hydroxylation is 1.